The van der Waals surface area contributed by atoms with Crippen molar-refractivity contribution in [1.82, 2.24) is 5.32 Å². The lowest BCUT2D eigenvalue weighted by molar-refractivity contribution is -0.119. The van der Waals surface area contributed by atoms with Gasteiger partial charge in [0.1, 0.15) is 0 Å². The van der Waals surface area contributed by atoms with Gasteiger partial charge in [0.25, 0.3) is 0 Å². The Morgan fingerprint density at radius 3 is 1.65 bits per heavy atom. The van der Waals surface area contributed by atoms with Crippen molar-refractivity contribution >= 4 is 5.91 Å². The molecular weight excluding hydrogens is 212 g/mol. The zero-order valence-electron chi connectivity index (χ0n) is 12.1. The molecule has 3 nitrogen and oxygen atoms in total. The number of hydrogen-bond acceptors (Lipinski definition) is 2. The lowest BCUT2D eigenvalue weighted by Gasteiger charge is -2.23. The summed E-state index contributed by atoms with van der Waals surface area (Å²) in [6.45, 7) is 10.8. The maximum absolute atomic E-state index is 11.1. The van der Waals surface area contributed by atoms with E-state index in [1.54, 1.807) is 0 Å². The summed E-state index contributed by atoms with van der Waals surface area (Å²) >= 11 is 0. The molecule has 3 heteroatoms. The topological polar surface area (TPSA) is 55.1 Å². The Balaban J connectivity index is 4.14. The molecular formula is C14H30N2O. The molecule has 0 saturated carbocycles. The first-order valence-electron chi connectivity index (χ1n) is 6.88. The van der Waals surface area contributed by atoms with Gasteiger partial charge in [0.2, 0.25) is 5.91 Å². The van der Waals surface area contributed by atoms with Crippen molar-refractivity contribution in [2.75, 3.05) is 0 Å². The normalized spacial score (nSPS) is 13.6. The highest BCUT2D eigenvalue weighted by molar-refractivity contribution is 5.79. The van der Waals surface area contributed by atoms with Crippen LogP contribution in [0.25, 0.3) is 0 Å². The Hall–Kier alpha value is -0.570. The monoisotopic (exact) mass is 242 g/mol. The van der Waals surface area contributed by atoms with Gasteiger partial charge in [0.05, 0.1) is 6.04 Å². The molecule has 1 amide bonds. The summed E-state index contributed by atoms with van der Waals surface area (Å²) in [5, 5.41) is 3.35. The van der Waals surface area contributed by atoms with Gasteiger partial charge in [-0.25, -0.2) is 0 Å². The molecule has 1 atom stereocenters. The third-order valence-corrected chi connectivity index (χ3v) is 3.10. The number of primary amides is 1. The van der Waals surface area contributed by atoms with Crippen molar-refractivity contribution in [2.24, 2.45) is 17.6 Å². The van der Waals surface area contributed by atoms with E-state index in [1.165, 1.54) is 12.8 Å². The smallest absolute Gasteiger partial charge is 0.234 e. The van der Waals surface area contributed by atoms with Crippen LogP contribution < -0.4 is 11.1 Å². The number of carbonyl (C=O) groups excluding carboxylic acids is 1. The van der Waals surface area contributed by atoms with Crippen LogP contribution in [-0.4, -0.2) is 18.0 Å². The first-order valence-corrected chi connectivity index (χ1v) is 6.88. The lowest BCUT2D eigenvalue weighted by atomic mass is 9.96. The fourth-order valence-electron chi connectivity index (χ4n) is 1.82. The van der Waals surface area contributed by atoms with Gasteiger partial charge in [0, 0.05) is 6.04 Å². The Labute approximate surface area is 107 Å². The van der Waals surface area contributed by atoms with Gasteiger partial charge in [-0.15, -0.1) is 0 Å². The van der Waals surface area contributed by atoms with E-state index in [-0.39, 0.29) is 11.9 Å². The molecule has 0 aliphatic rings. The van der Waals surface area contributed by atoms with Crippen molar-refractivity contribution in [1.29, 1.82) is 0 Å². The number of nitrogens with one attached hydrogen (secondary N) is 1. The van der Waals surface area contributed by atoms with E-state index < -0.39 is 0 Å². The largest absolute Gasteiger partial charge is 0.368 e. The Kier molecular flexibility index (Phi) is 8.23. The molecule has 0 aromatic carbocycles. The van der Waals surface area contributed by atoms with E-state index in [0.29, 0.717) is 17.9 Å². The molecule has 0 aliphatic heterocycles. The van der Waals surface area contributed by atoms with Crippen LogP contribution in [0.1, 0.15) is 60.3 Å². The molecule has 1 unspecified atom stereocenters. The maximum Gasteiger partial charge on any atom is 0.234 e. The molecule has 3 N–H and O–H groups in total. The molecule has 0 heterocycles. The van der Waals surface area contributed by atoms with Crippen molar-refractivity contribution in [3.8, 4) is 0 Å². The molecule has 0 fully saturated rings. The summed E-state index contributed by atoms with van der Waals surface area (Å²) in [5.74, 6) is 1.16. The average molecular weight is 242 g/mol. The van der Waals surface area contributed by atoms with E-state index in [4.69, 9.17) is 5.73 Å². The molecule has 0 aliphatic carbocycles. The van der Waals surface area contributed by atoms with E-state index in [0.717, 1.165) is 12.8 Å². The van der Waals surface area contributed by atoms with Crippen LogP contribution in [0.15, 0.2) is 0 Å². The molecule has 0 saturated heterocycles. The molecule has 0 aromatic heterocycles. The number of hydrogen-bond donors (Lipinski definition) is 2. The predicted molar refractivity (Wildman–Crippen MR) is 73.7 cm³/mol. The van der Waals surface area contributed by atoms with Crippen molar-refractivity contribution in [2.45, 2.75) is 72.4 Å². The second-order valence-corrected chi connectivity index (χ2v) is 5.93. The maximum atomic E-state index is 11.1. The molecule has 17 heavy (non-hydrogen) atoms. The molecule has 102 valence electrons. The van der Waals surface area contributed by atoms with Gasteiger partial charge in [0.15, 0.2) is 0 Å². The highest BCUT2D eigenvalue weighted by Gasteiger charge is 2.16. The lowest BCUT2D eigenvalue weighted by Crippen LogP contribution is -2.44. The van der Waals surface area contributed by atoms with Crippen LogP contribution >= 0.6 is 0 Å². The van der Waals surface area contributed by atoms with Crippen molar-refractivity contribution < 1.29 is 4.79 Å². The van der Waals surface area contributed by atoms with Crippen LogP contribution in [0.3, 0.4) is 0 Å². The molecule has 0 rings (SSSR count). The van der Waals surface area contributed by atoms with Crippen molar-refractivity contribution in [3.05, 3.63) is 0 Å². The highest BCUT2D eigenvalue weighted by Crippen LogP contribution is 2.14. The summed E-state index contributed by atoms with van der Waals surface area (Å²) in [4.78, 5) is 11.1. The highest BCUT2D eigenvalue weighted by atomic mass is 16.1. The minimum Gasteiger partial charge on any atom is -0.368 e. The number of nitrogens with two attached hydrogens (primary N) is 1. The van der Waals surface area contributed by atoms with Gasteiger partial charge in [-0.05, 0) is 44.4 Å². The van der Waals surface area contributed by atoms with Crippen LogP contribution in [0.4, 0.5) is 0 Å². The summed E-state index contributed by atoms with van der Waals surface area (Å²) in [6.07, 6.45) is 4.65. The van der Waals surface area contributed by atoms with Gasteiger partial charge in [-0.2, -0.15) is 0 Å². The first kappa shape index (κ1) is 16.4. The summed E-state index contributed by atoms with van der Waals surface area (Å²) < 4.78 is 0. The van der Waals surface area contributed by atoms with Crippen LogP contribution in [-0.2, 0) is 4.79 Å². The van der Waals surface area contributed by atoms with Crippen LogP contribution in [0, 0.1) is 11.8 Å². The molecule has 0 radical (unpaired) electrons. The Morgan fingerprint density at radius 2 is 1.35 bits per heavy atom. The fourth-order valence-corrected chi connectivity index (χ4v) is 1.82. The third-order valence-electron chi connectivity index (χ3n) is 3.10. The summed E-state index contributed by atoms with van der Waals surface area (Å²) in [7, 11) is 0. The summed E-state index contributed by atoms with van der Waals surface area (Å²) in [5.41, 5.74) is 5.29. The third kappa shape index (κ3) is 9.16. The number of amides is 1. The SMILES string of the molecule is CC(C)CCC(CCC(C)C)NC(C)C(N)=O. The first-order chi connectivity index (χ1) is 7.82. The second kappa shape index (κ2) is 8.51. The fraction of sp³-hybridized carbons (Fsp3) is 0.929. The van der Waals surface area contributed by atoms with E-state index >= 15 is 0 Å². The molecule has 0 bridgehead atoms. The van der Waals surface area contributed by atoms with Gasteiger partial charge in [-0.1, -0.05) is 27.7 Å². The minimum atomic E-state index is -0.260. The minimum absolute atomic E-state index is 0.223. The van der Waals surface area contributed by atoms with Gasteiger partial charge in [-0.3, -0.25) is 4.79 Å². The predicted octanol–water partition coefficient (Wildman–Crippen LogP) is 2.69. The molecule has 0 spiro atoms. The zero-order valence-corrected chi connectivity index (χ0v) is 12.1. The summed E-state index contributed by atoms with van der Waals surface area (Å²) in [6, 6.07) is 0.196. The van der Waals surface area contributed by atoms with E-state index in [2.05, 4.69) is 33.0 Å². The Bertz CT molecular complexity index is 202. The molecule has 0 aromatic rings. The second-order valence-electron chi connectivity index (χ2n) is 5.93. The quantitative estimate of drug-likeness (QED) is 0.653. The standard InChI is InChI=1S/C14H30N2O/c1-10(2)6-8-13(9-7-11(3)4)16-12(5)14(15)17/h10-13,16H,6-9H2,1-5H3,(H2,15,17). The Morgan fingerprint density at radius 1 is 0.941 bits per heavy atom. The van der Waals surface area contributed by atoms with Crippen molar-refractivity contribution in [3.63, 3.8) is 0 Å². The zero-order chi connectivity index (χ0) is 13.4. The van der Waals surface area contributed by atoms with E-state index in [1.807, 2.05) is 6.92 Å². The number of carbonyl (C=O) groups is 1. The van der Waals surface area contributed by atoms with Gasteiger partial charge >= 0.3 is 0 Å². The number of rotatable bonds is 9. The van der Waals surface area contributed by atoms with Crippen LogP contribution in [0.5, 0.6) is 0 Å². The van der Waals surface area contributed by atoms with Gasteiger partial charge < -0.3 is 11.1 Å². The van der Waals surface area contributed by atoms with E-state index in [9.17, 15) is 4.79 Å². The average Bonchev–Trinajstić information content (AvgIpc) is 2.21. The van der Waals surface area contributed by atoms with Crippen LogP contribution in [0.2, 0.25) is 0 Å².